The van der Waals surface area contributed by atoms with Gasteiger partial charge in [-0.05, 0) is 7.05 Å². The Morgan fingerprint density at radius 2 is 0.737 bits per heavy atom. The van der Waals surface area contributed by atoms with Crippen molar-refractivity contribution in [2.24, 2.45) is 0 Å². The Hall–Kier alpha value is -0.240. The highest BCUT2D eigenvalue weighted by Crippen LogP contribution is 1.88. The summed E-state index contributed by atoms with van der Waals surface area (Å²) >= 11 is 0. The maximum absolute atomic E-state index is 5.48. The first kappa shape index (κ1) is 16.8. The minimum absolute atomic E-state index is 0.600. The van der Waals surface area contributed by atoms with Gasteiger partial charge in [0, 0.05) is 13.1 Å². The van der Waals surface area contributed by atoms with Crippen LogP contribution in [0.3, 0.4) is 0 Å². The second-order valence-electron chi connectivity index (χ2n) is 4.37. The van der Waals surface area contributed by atoms with Gasteiger partial charge in [-0.25, -0.2) is 0 Å². The van der Waals surface area contributed by atoms with E-state index in [2.05, 4.69) is 11.9 Å². The maximum Gasteiger partial charge on any atom is 0.0701 e. The second kappa shape index (κ2) is 12.8. The third-order valence-corrected chi connectivity index (χ3v) is 2.72. The smallest absolute Gasteiger partial charge is 0.0701 e. The topological polar surface area (TPSA) is 49.4 Å². The quantitative estimate of drug-likeness (QED) is 0.622. The van der Waals surface area contributed by atoms with Crippen LogP contribution in [0.25, 0.3) is 0 Å². The molecule has 1 saturated heterocycles. The van der Waals surface area contributed by atoms with E-state index in [0.29, 0.717) is 52.9 Å². The summed E-state index contributed by atoms with van der Waals surface area (Å²) in [6, 6.07) is 0. The molecule has 0 aromatic heterocycles. The lowest BCUT2D eigenvalue weighted by Crippen LogP contribution is -2.28. The van der Waals surface area contributed by atoms with Crippen LogP contribution >= 0.6 is 0 Å². The fourth-order valence-corrected chi connectivity index (χ4v) is 1.53. The van der Waals surface area contributed by atoms with Crippen molar-refractivity contribution >= 4 is 0 Å². The molecular weight excluding hydrogens is 250 g/mol. The largest absolute Gasteiger partial charge is 0.378 e. The molecule has 0 N–H and O–H groups in total. The molecule has 1 aliphatic rings. The first-order valence-corrected chi connectivity index (χ1v) is 6.97. The van der Waals surface area contributed by atoms with Crippen molar-refractivity contribution in [1.82, 2.24) is 4.90 Å². The van der Waals surface area contributed by atoms with Gasteiger partial charge < -0.3 is 28.6 Å². The lowest BCUT2D eigenvalue weighted by molar-refractivity contribution is -0.0172. The van der Waals surface area contributed by atoms with E-state index in [1.165, 1.54) is 0 Å². The average Bonchev–Trinajstić information content (AvgIpc) is 2.41. The molecule has 0 radical (unpaired) electrons. The molecule has 0 bridgehead atoms. The van der Waals surface area contributed by atoms with Crippen molar-refractivity contribution in [3.8, 4) is 0 Å². The van der Waals surface area contributed by atoms with Gasteiger partial charge in [-0.1, -0.05) is 0 Å². The van der Waals surface area contributed by atoms with E-state index in [1.54, 1.807) is 0 Å². The van der Waals surface area contributed by atoms with Crippen molar-refractivity contribution in [2.45, 2.75) is 0 Å². The molecule has 114 valence electrons. The van der Waals surface area contributed by atoms with Crippen molar-refractivity contribution in [2.75, 3.05) is 86.2 Å². The molecule has 19 heavy (non-hydrogen) atoms. The molecule has 0 aliphatic carbocycles. The summed E-state index contributed by atoms with van der Waals surface area (Å²) in [5.41, 5.74) is 0. The Labute approximate surface area is 115 Å². The molecule has 0 atom stereocenters. The van der Waals surface area contributed by atoms with E-state index in [9.17, 15) is 0 Å². The van der Waals surface area contributed by atoms with E-state index in [4.69, 9.17) is 23.7 Å². The summed E-state index contributed by atoms with van der Waals surface area (Å²) in [7, 11) is 2.06. The number of ether oxygens (including phenoxy) is 5. The van der Waals surface area contributed by atoms with E-state index in [1.807, 2.05) is 0 Å². The van der Waals surface area contributed by atoms with Crippen LogP contribution in [0.1, 0.15) is 0 Å². The Morgan fingerprint density at radius 1 is 0.474 bits per heavy atom. The molecule has 6 heteroatoms. The van der Waals surface area contributed by atoms with Crippen LogP contribution in [0.4, 0.5) is 0 Å². The zero-order valence-corrected chi connectivity index (χ0v) is 12.0. The molecular formula is C13H27NO5. The summed E-state index contributed by atoms with van der Waals surface area (Å²) in [4.78, 5) is 2.19. The summed E-state index contributed by atoms with van der Waals surface area (Å²) < 4.78 is 27.1. The summed E-state index contributed by atoms with van der Waals surface area (Å²) in [5.74, 6) is 0. The fraction of sp³-hybridized carbons (Fsp3) is 1.00. The van der Waals surface area contributed by atoms with Crippen molar-refractivity contribution in [1.29, 1.82) is 0 Å². The average molecular weight is 277 g/mol. The predicted octanol–water partition coefficient (Wildman–Crippen LogP) is 0.0148. The van der Waals surface area contributed by atoms with Crippen LogP contribution in [-0.4, -0.2) is 91.1 Å². The molecule has 0 saturated carbocycles. The number of hydrogen-bond acceptors (Lipinski definition) is 6. The number of hydrogen-bond donors (Lipinski definition) is 0. The Morgan fingerprint density at radius 3 is 1.05 bits per heavy atom. The summed E-state index contributed by atoms with van der Waals surface area (Å²) in [6.45, 7) is 8.16. The predicted molar refractivity (Wildman–Crippen MR) is 71.6 cm³/mol. The number of likely N-dealkylation sites (N-methyl/N-ethyl adjacent to an activating group) is 1. The van der Waals surface area contributed by atoms with Gasteiger partial charge in [-0.3, -0.25) is 0 Å². The third kappa shape index (κ3) is 11.3. The highest BCUT2D eigenvalue weighted by atomic mass is 16.6. The molecule has 1 rings (SSSR count). The molecule has 1 heterocycles. The molecule has 0 spiro atoms. The highest BCUT2D eigenvalue weighted by molar-refractivity contribution is 4.49. The number of rotatable bonds is 0. The standard InChI is InChI=1S/C13H27NO5/c1-14-2-4-15-6-8-17-10-12-19-13-11-18-9-7-16-5-3-14/h2-13H2,1H3. The van der Waals surface area contributed by atoms with E-state index in [-0.39, 0.29) is 0 Å². The zero-order valence-electron chi connectivity index (χ0n) is 12.0. The molecule has 0 aromatic carbocycles. The van der Waals surface area contributed by atoms with E-state index in [0.717, 1.165) is 26.3 Å². The molecule has 6 nitrogen and oxygen atoms in total. The van der Waals surface area contributed by atoms with Gasteiger partial charge in [0.05, 0.1) is 66.1 Å². The first-order valence-electron chi connectivity index (χ1n) is 6.97. The van der Waals surface area contributed by atoms with Crippen LogP contribution in [0.5, 0.6) is 0 Å². The monoisotopic (exact) mass is 277 g/mol. The molecule has 0 aromatic rings. The van der Waals surface area contributed by atoms with Crippen molar-refractivity contribution in [3.05, 3.63) is 0 Å². The van der Waals surface area contributed by atoms with Gasteiger partial charge in [0.15, 0.2) is 0 Å². The normalized spacial score (nSPS) is 24.5. The van der Waals surface area contributed by atoms with Crippen LogP contribution in [0, 0.1) is 0 Å². The summed E-state index contributed by atoms with van der Waals surface area (Å²) in [6.07, 6.45) is 0. The summed E-state index contributed by atoms with van der Waals surface area (Å²) in [5, 5.41) is 0. The van der Waals surface area contributed by atoms with Gasteiger partial charge in [0.2, 0.25) is 0 Å². The first-order chi connectivity index (χ1) is 9.39. The van der Waals surface area contributed by atoms with E-state index < -0.39 is 0 Å². The Kier molecular flexibility index (Phi) is 11.3. The maximum atomic E-state index is 5.48. The number of nitrogens with zero attached hydrogens (tertiary/aromatic N) is 1. The van der Waals surface area contributed by atoms with Gasteiger partial charge in [-0.2, -0.15) is 0 Å². The SMILES string of the molecule is CN1CCOCCOCCOCCOCCOCC1. The lowest BCUT2D eigenvalue weighted by atomic mass is 10.5. The van der Waals surface area contributed by atoms with Gasteiger partial charge in [0.1, 0.15) is 0 Å². The minimum atomic E-state index is 0.600. The van der Waals surface area contributed by atoms with Crippen LogP contribution in [0.15, 0.2) is 0 Å². The van der Waals surface area contributed by atoms with Crippen LogP contribution in [0.2, 0.25) is 0 Å². The van der Waals surface area contributed by atoms with Crippen molar-refractivity contribution < 1.29 is 23.7 Å². The van der Waals surface area contributed by atoms with Gasteiger partial charge >= 0.3 is 0 Å². The highest BCUT2D eigenvalue weighted by Gasteiger charge is 1.99. The van der Waals surface area contributed by atoms with Crippen LogP contribution < -0.4 is 0 Å². The molecule has 1 fully saturated rings. The second-order valence-corrected chi connectivity index (χ2v) is 4.37. The Balaban J connectivity index is 2.08. The van der Waals surface area contributed by atoms with Crippen molar-refractivity contribution in [3.63, 3.8) is 0 Å². The zero-order chi connectivity index (χ0) is 13.6. The van der Waals surface area contributed by atoms with Gasteiger partial charge in [-0.15, -0.1) is 0 Å². The Bertz CT molecular complexity index is 176. The molecule has 0 amide bonds. The lowest BCUT2D eigenvalue weighted by Gasteiger charge is -2.17. The fourth-order valence-electron chi connectivity index (χ4n) is 1.53. The third-order valence-electron chi connectivity index (χ3n) is 2.72. The van der Waals surface area contributed by atoms with E-state index >= 15 is 0 Å². The van der Waals surface area contributed by atoms with Crippen LogP contribution in [-0.2, 0) is 23.7 Å². The molecule has 0 unspecified atom stereocenters. The van der Waals surface area contributed by atoms with Gasteiger partial charge in [0.25, 0.3) is 0 Å². The molecule has 1 aliphatic heterocycles. The minimum Gasteiger partial charge on any atom is -0.378 e.